The predicted octanol–water partition coefficient (Wildman–Crippen LogP) is 4.10. The van der Waals surface area contributed by atoms with Crippen molar-refractivity contribution in [2.45, 2.75) is 69.0 Å². The molecule has 1 atom stereocenters. The molecule has 1 fully saturated rings. The number of nitrogens with zero attached hydrogens (tertiary/aromatic N) is 4. The van der Waals surface area contributed by atoms with Gasteiger partial charge in [-0.2, -0.15) is 5.26 Å². The van der Waals surface area contributed by atoms with Gasteiger partial charge in [-0.3, -0.25) is 4.79 Å². The van der Waals surface area contributed by atoms with E-state index >= 15 is 0 Å². The van der Waals surface area contributed by atoms with E-state index in [1.807, 2.05) is 23.0 Å². The lowest BCUT2D eigenvalue weighted by atomic mass is 9.87. The highest BCUT2D eigenvalue weighted by Crippen LogP contribution is 2.38. The van der Waals surface area contributed by atoms with Crippen LogP contribution in [-0.4, -0.2) is 32.0 Å². The largest absolute Gasteiger partial charge is 0.337 e. The quantitative estimate of drug-likeness (QED) is 0.699. The summed E-state index contributed by atoms with van der Waals surface area (Å²) in [5, 5.41) is 21.8. The van der Waals surface area contributed by atoms with Crippen LogP contribution in [0.1, 0.15) is 55.9 Å². The first-order valence-electron chi connectivity index (χ1n) is 10.4. The number of aryl methyl sites for hydroxylation is 1. The number of fused-ring (bicyclic) bond motifs is 1. The van der Waals surface area contributed by atoms with Gasteiger partial charge in [0.25, 0.3) is 0 Å². The number of carbonyl (C=O) groups is 1. The van der Waals surface area contributed by atoms with Crippen molar-refractivity contribution < 1.29 is 4.79 Å². The van der Waals surface area contributed by atoms with Gasteiger partial charge in [-0.25, -0.2) is 0 Å². The molecule has 0 aromatic carbocycles. The van der Waals surface area contributed by atoms with Crippen LogP contribution in [0, 0.1) is 17.2 Å². The fourth-order valence-corrected chi connectivity index (χ4v) is 6.33. The normalized spacial score (nSPS) is 20.2. The average molecular weight is 430 g/mol. The summed E-state index contributed by atoms with van der Waals surface area (Å²) < 4.78 is 1.97. The summed E-state index contributed by atoms with van der Waals surface area (Å²) in [7, 11) is 1.96. The number of rotatable bonds is 6. The van der Waals surface area contributed by atoms with Gasteiger partial charge in [-0.1, -0.05) is 25.1 Å². The molecule has 4 rings (SSSR count). The first-order valence-corrected chi connectivity index (χ1v) is 12.2. The van der Waals surface area contributed by atoms with Crippen molar-refractivity contribution in [2.24, 2.45) is 13.0 Å². The Kier molecular flexibility index (Phi) is 5.98. The third-order valence-corrected chi connectivity index (χ3v) is 8.45. The van der Waals surface area contributed by atoms with E-state index in [9.17, 15) is 10.1 Å². The Labute approximate surface area is 180 Å². The zero-order valence-electron chi connectivity index (χ0n) is 17.0. The Balaban J connectivity index is 1.41. The molecule has 6 nitrogen and oxygen atoms in total. The van der Waals surface area contributed by atoms with Crippen molar-refractivity contribution in [3.05, 3.63) is 16.5 Å². The van der Waals surface area contributed by atoms with Crippen LogP contribution < -0.4 is 5.32 Å². The van der Waals surface area contributed by atoms with Crippen molar-refractivity contribution in [3.8, 4) is 16.8 Å². The third-order valence-electron chi connectivity index (χ3n) is 6.20. The number of aromatic nitrogens is 3. The third kappa shape index (κ3) is 4.22. The molecular weight excluding hydrogens is 402 g/mol. The number of nitrogens with one attached hydrogen (secondary N) is 1. The van der Waals surface area contributed by atoms with E-state index in [0.29, 0.717) is 0 Å². The summed E-state index contributed by atoms with van der Waals surface area (Å²) >= 11 is 3.20. The minimum atomic E-state index is -0.672. The van der Waals surface area contributed by atoms with E-state index in [0.717, 1.165) is 47.5 Å². The highest BCUT2D eigenvalue weighted by atomic mass is 32.2. The van der Waals surface area contributed by atoms with Crippen LogP contribution in [0.4, 0.5) is 0 Å². The number of thioether (sulfide) groups is 1. The Morgan fingerprint density at radius 2 is 2.24 bits per heavy atom. The molecule has 1 N–H and O–H groups in total. The van der Waals surface area contributed by atoms with E-state index in [-0.39, 0.29) is 11.7 Å². The molecule has 0 radical (unpaired) electrons. The maximum atomic E-state index is 12.4. The lowest BCUT2D eigenvalue weighted by molar-refractivity contribution is -0.119. The summed E-state index contributed by atoms with van der Waals surface area (Å²) in [4.78, 5) is 15.0. The maximum Gasteiger partial charge on any atom is 0.231 e. The van der Waals surface area contributed by atoms with Crippen molar-refractivity contribution in [1.82, 2.24) is 20.1 Å². The van der Waals surface area contributed by atoms with Crippen LogP contribution in [0.2, 0.25) is 0 Å². The lowest BCUT2D eigenvalue weighted by Gasteiger charge is -2.21. The van der Waals surface area contributed by atoms with Crippen LogP contribution in [0.15, 0.2) is 11.2 Å². The zero-order chi connectivity index (χ0) is 20.4. The highest BCUT2D eigenvalue weighted by molar-refractivity contribution is 7.99. The molecule has 0 spiro atoms. The molecular formula is C21H27N5OS2. The predicted molar refractivity (Wildman–Crippen MR) is 116 cm³/mol. The molecule has 29 heavy (non-hydrogen) atoms. The fourth-order valence-electron chi connectivity index (χ4n) is 4.39. The molecule has 154 valence electrons. The van der Waals surface area contributed by atoms with Gasteiger partial charge in [0.05, 0.1) is 16.7 Å². The number of amides is 1. The van der Waals surface area contributed by atoms with Crippen LogP contribution in [-0.2, 0) is 24.7 Å². The van der Waals surface area contributed by atoms with Crippen LogP contribution in [0.3, 0.4) is 0 Å². The second-order valence-corrected chi connectivity index (χ2v) is 10.3. The monoisotopic (exact) mass is 429 g/mol. The van der Waals surface area contributed by atoms with E-state index in [2.05, 4.69) is 34.6 Å². The molecule has 2 aromatic heterocycles. The molecule has 1 unspecified atom stereocenters. The highest BCUT2D eigenvalue weighted by Gasteiger charge is 2.35. The SMILES string of the molecule is CCC1CCc2sc(-c3nnc(SCC(=O)NC4(C#N)CCCC4)n3C)cc2C1. The summed E-state index contributed by atoms with van der Waals surface area (Å²) in [5.41, 5.74) is 0.799. The smallest absolute Gasteiger partial charge is 0.231 e. The van der Waals surface area contributed by atoms with Crippen LogP contribution in [0.5, 0.6) is 0 Å². The van der Waals surface area contributed by atoms with Crippen molar-refractivity contribution in [1.29, 1.82) is 5.26 Å². The Morgan fingerprint density at radius 1 is 1.45 bits per heavy atom. The molecule has 0 saturated heterocycles. The van der Waals surface area contributed by atoms with Gasteiger partial charge in [-0.05, 0) is 62.5 Å². The van der Waals surface area contributed by atoms with Crippen LogP contribution >= 0.6 is 23.1 Å². The molecule has 2 aliphatic carbocycles. The van der Waals surface area contributed by atoms with E-state index in [1.165, 1.54) is 47.9 Å². The number of hydrogen-bond acceptors (Lipinski definition) is 6. The Bertz CT molecular complexity index is 936. The van der Waals surface area contributed by atoms with Gasteiger partial charge in [0.15, 0.2) is 11.0 Å². The van der Waals surface area contributed by atoms with Crippen LogP contribution in [0.25, 0.3) is 10.7 Å². The number of carbonyl (C=O) groups excluding carboxylic acids is 1. The van der Waals surface area contributed by atoms with Crippen molar-refractivity contribution in [3.63, 3.8) is 0 Å². The summed E-state index contributed by atoms with van der Waals surface area (Å²) in [5.74, 6) is 1.80. The molecule has 8 heteroatoms. The standard InChI is InChI=1S/C21H27N5OS2/c1-3-14-6-7-16-15(10-14)11-17(29-16)19-24-25-20(26(19)2)28-12-18(27)23-21(13-22)8-4-5-9-21/h11,14H,3-10,12H2,1-2H3,(H,23,27). The van der Waals surface area contributed by atoms with Gasteiger partial charge in [-0.15, -0.1) is 21.5 Å². The summed E-state index contributed by atoms with van der Waals surface area (Å²) in [6.07, 6.45) is 8.34. The summed E-state index contributed by atoms with van der Waals surface area (Å²) in [6, 6.07) is 4.58. The minimum absolute atomic E-state index is 0.111. The van der Waals surface area contributed by atoms with Gasteiger partial charge in [0.2, 0.25) is 5.91 Å². The topological polar surface area (TPSA) is 83.6 Å². The molecule has 1 saturated carbocycles. The molecule has 0 bridgehead atoms. The fraction of sp³-hybridized carbons (Fsp3) is 0.619. The Morgan fingerprint density at radius 3 is 2.97 bits per heavy atom. The van der Waals surface area contributed by atoms with E-state index in [4.69, 9.17) is 0 Å². The first kappa shape index (κ1) is 20.4. The Hall–Kier alpha value is -1.85. The second-order valence-electron chi connectivity index (χ2n) is 8.18. The van der Waals surface area contributed by atoms with Gasteiger partial charge in [0, 0.05) is 11.9 Å². The second kappa shape index (κ2) is 8.49. The van der Waals surface area contributed by atoms with Gasteiger partial charge >= 0.3 is 0 Å². The van der Waals surface area contributed by atoms with Gasteiger partial charge in [0.1, 0.15) is 5.54 Å². The molecule has 0 aliphatic heterocycles. The number of thiophene rings is 1. The maximum absolute atomic E-state index is 12.4. The first-order chi connectivity index (χ1) is 14.0. The number of nitriles is 1. The molecule has 2 aliphatic rings. The van der Waals surface area contributed by atoms with Crippen molar-refractivity contribution >= 4 is 29.0 Å². The van der Waals surface area contributed by atoms with Crippen molar-refractivity contribution in [2.75, 3.05) is 5.75 Å². The van der Waals surface area contributed by atoms with Gasteiger partial charge < -0.3 is 9.88 Å². The zero-order valence-corrected chi connectivity index (χ0v) is 18.7. The molecule has 1 amide bonds. The summed E-state index contributed by atoms with van der Waals surface area (Å²) in [6.45, 7) is 2.27. The lowest BCUT2D eigenvalue weighted by Crippen LogP contribution is -2.45. The van der Waals surface area contributed by atoms with E-state index < -0.39 is 5.54 Å². The minimum Gasteiger partial charge on any atom is -0.337 e. The average Bonchev–Trinajstić information content (AvgIpc) is 3.44. The molecule has 2 aromatic rings. The van der Waals surface area contributed by atoms with E-state index in [1.54, 1.807) is 0 Å². The molecule has 2 heterocycles. The number of hydrogen-bond donors (Lipinski definition) is 1.